The molecular formula is C28H32N4O6. The van der Waals surface area contributed by atoms with Crippen LogP contribution in [0.15, 0.2) is 64.2 Å². The van der Waals surface area contributed by atoms with Crippen molar-refractivity contribution in [1.29, 1.82) is 0 Å². The van der Waals surface area contributed by atoms with Crippen LogP contribution >= 0.6 is 0 Å². The third-order valence-electron chi connectivity index (χ3n) is 7.32. The number of carbonyl (C=O) groups is 3. The molecule has 0 unspecified atom stereocenters. The molecule has 2 aromatic carbocycles. The molecule has 10 heteroatoms. The maximum Gasteiger partial charge on any atom is 0.329 e. The highest BCUT2D eigenvalue weighted by atomic mass is 16.4. The van der Waals surface area contributed by atoms with Gasteiger partial charge < -0.3 is 20.3 Å². The first-order chi connectivity index (χ1) is 18.2. The zero-order valence-electron chi connectivity index (χ0n) is 21.4. The minimum absolute atomic E-state index is 0.0659. The maximum atomic E-state index is 14.0. The summed E-state index contributed by atoms with van der Waals surface area (Å²) in [5, 5.41) is 12.5. The monoisotopic (exact) mass is 520 g/mol. The van der Waals surface area contributed by atoms with Crippen LogP contribution in [0.1, 0.15) is 44.7 Å². The van der Waals surface area contributed by atoms with Crippen LogP contribution in [0.3, 0.4) is 0 Å². The first kappa shape index (κ1) is 26.8. The topological polar surface area (TPSA) is 142 Å². The molecule has 3 N–H and O–H groups in total. The second-order valence-corrected chi connectivity index (χ2v) is 9.76. The molecule has 4 rings (SSSR count). The van der Waals surface area contributed by atoms with E-state index in [4.69, 9.17) is 0 Å². The molecule has 4 atom stereocenters. The molecule has 10 nitrogen and oxygen atoms in total. The van der Waals surface area contributed by atoms with E-state index >= 15 is 0 Å². The summed E-state index contributed by atoms with van der Waals surface area (Å²) in [6.45, 7) is 3.83. The number of hydrogen-bond acceptors (Lipinski definition) is 5. The van der Waals surface area contributed by atoms with Gasteiger partial charge in [-0.05, 0) is 36.5 Å². The van der Waals surface area contributed by atoms with Crippen LogP contribution in [0, 0.1) is 5.92 Å². The number of fused-ring (bicyclic) bond motifs is 1. The second-order valence-electron chi connectivity index (χ2n) is 9.76. The van der Waals surface area contributed by atoms with Crippen molar-refractivity contribution in [2.24, 2.45) is 5.92 Å². The third kappa shape index (κ3) is 5.39. The van der Waals surface area contributed by atoms with Gasteiger partial charge in [0.1, 0.15) is 18.1 Å². The van der Waals surface area contributed by atoms with E-state index in [2.05, 4.69) is 10.3 Å². The number of carbonyl (C=O) groups excluding carboxylic acids is 2. The predicted molar refractivity (Wildman–Crippen MR) is 142 cm³/mol. The summed E-state index contributed by atoms with van der Waals surface area (Å²) < 4.78 is 0.935. The van der Waals surface area contributed by atoms with Crippen molar-refractivity contribution in [1.82, 2.24) is 19.8 Å². The van der Waals surface area contributed by atoms with Crippen LogP contribution < -0.4 is 16.6 Å². The van der Waals surface area contributed by atoms with Gasteiger partial charge >= 0.3 is 11.7 Å². The quantitative estimate of drug-likeness (QED) is 0.394. The summed E-state index contributed by atoms with van der Waals surface area (Å²) in [6.07, 6.45) is 1.51. The van der Waals surface area contributed by atoms with E-state index in [1.165, 1.54) is 4.90 Å². The average Bonchev–Trinajstić information content (AvgIpc) is 3.41. The molecule has 3 aromatic rings. The highest BCUT2D eigenvalue weighted by Gasteiger charge is 2.40. The number of aliphatic carboxylic acids is 1. The fourth-order valence-corrected chi connectivity index (χ4v) is 5.01. The van der Waals surface area contributed by atoms with Gasteiger partial charge in [0.05, 0.1) is 10.9 Å². The summed E-state index contributed by atoms with van der Waals surface area (Å²) >= 11 is 0. The normalized spacial score (nSPS) is 17.6. The lowest BCUT2D eigenvalue weighted by Crippen LogP contribution is -2.54. The van der Waals surface area contributed by atoms with E-state index in [0.717, 1.165) is 10.1 Å². The summed E-state index contributed by atoms with van der Waals surface area (Å²) in [6, 6.07) is 12.4. The number of benzene rings is 2. The van der Waals surface area contributed by atoms with E-state index in [1.54, 1.807) is 55.5 Å². The first-order valence-electron chi connectivity index (χ1n) is 12.8. The summed E-state index contributed by atoms with van der Waals surface area (Å²) in [5.41, 5.74) is -0.200. The third-order valence-corrected chi connectivity index (χ3v) is 7.32. The zero-order valence-corrected chi connectivity index (χ0v) is 21.4. The summed E-state index contributed by atoms with van der Waals surface area (Å²) in [7, 11) is 0. The van der Waals surface area contributed by atoms with Crippen molar-refractivity contribution in [2.75, 3.05) is 6.54 Å². The Morgan fingerprint density at radius 2 is 1.76 bits per heavy atom. The van der Waals surface area contributed by atoms with Crippen molar-refractivity contribution in [3.63, 3.8) is 0 Å². The van der Waals surface area contributed by atoms with Crippen molar-refractivity contribution >= 4 is 28.7 Å². The Balaban J connectivity index is 1.72. The molecule has 2 heterocycles. The van der Waals surface area contributed by atoms with Crippen LogP contribution in [0.5, 0.6) is 0 Å². The Labute approximate surface area is 219 Å². The lowest BCUT2D eigenvalue weighted by atomic mass is 9.98. The molecule has 38 heavy (non-hydrogen) atoms. The molecule has 1 aliphatic heterocycles. The molecule has 200 valence electrons. The number of aromatic nitrogens is 2. The Bertz CT molecular complexity index is 1450. The van der Waals surface area contributed by atoms with Gasteiger partial charge in [0.2, 0.25) is 11.8 Å². The minimum Gasteiger partial charge on any atom is -0.480 e. The smallest absolute Gasteiger partial charge is 0.329 e. The molecule has 1 saturated heterocycles. The second kappa shape index (κ2) is 11.5. The van der Waals surface area contributed by atoms with Crippen molar-refractivity contribution in [3.05, 3.63) is 81.0 Å². The molecule has 0 aliphatic carbocycles. The zero-order chi connectivity index (χ0) is 27.4. The number of carboxylic acid groups (broad SMARTS) is 1. The highest BCUT2D eigenvalue weighted by molar-refractivity contribution is 5.92. The minimum atomic E-state index is -1.20. The summed E-state index contributed by atoms with van der Waals surface area (Å²) in [5.74, 6) is -2.53. The van der Waals surface area contributed by atoms with Crippen molar-refractivity contribution < 1.29 is 19.5 Å². The number of para-hydroxylation sites is 1. The number of likely N-dealkylation sites (tertiary alicyclic amines) is 1. The van der Waals surface area contributed by atoms with E-state index in [-0.39, 0.29) is 24.3 Å². The van der Waals surface area contributed by atoms with Crippen molar-refractivity contribution in [2.45, 2.75) is 57.7 Å². The fourth-order valence-electron chi connectivity index (χ4n) is 5.01. The Hall–Kier alpha value is -4.21. The van der Waals surface area contributed by atoms with Crippen LogP contribution in [0.4, 0.5) is 0 Å². The highest BCUT2D eigenvalue weighted by Crippen LogP contribution is 2.24. The van der Waals surface area contributed by atoms with Gasteiger partial charge in [-0.25, -0.2) is 14.2 Å². The largest absolute Gasteiger partial charge is 0.480 e. The Morgan fingerprint density at radius 1 is 1.08 bits per heavy atom. The number of aromatic amines is 1. The number of amides is 2. The fraction of sp³-hybridized carbons (Fsp3) is 0.393. The van der Waals surface area contributed by atoms with E-state index in [1.807, 2.05) is 13.0 Å². The number of H-pyrrole nitrogens is 1. The van der Waals surface area contributed by atoms with Crippen molar-refractivity contribution in [3.8, 4) is 0 Å². The SMILES string of the molecule is CC[C@H](C)[C@H](NC(=O)[C@@H]1CCCN1C(=O)[C@H](Cc1ccccc1)n1c(=O)[nH]c2ccccc2c1=O)C(=O)O. The van der Waals surface area contributed by atoms with E-state index in [9.17, 15) is 29.1 Å². The molecule has 0 bridgehead atoms. The van der Waals surface area contributed by atoms with Gasteiger partial charge in [-0.1, -0.05) is 62.7 Å². The molecular weight excluding hydrogens is 488 g/mol. The van der Waals surface area contributed by atoms with Gasteiger partial charge in [-0.2, -0.15) is 0 Å². The lowest BCUT2D eigenvalue weighted by molar-refractivity contribution is -0.145. The van der Waals surface area contributed by atoms with E-state index in [0.29, 0.717) is 24.8 Å². The molecule has 0 saturated carbocycles. The molecule has 1 aromatic heterocycles. The maximum absolute atomic E-state index is 14.0. The number of hydrogen-bond donors (Lipinski definition) is 3. The predicted octanol–water partition coefficient (Wildman–Crippen LogP) is 2.08. The Kier molecular flexibility index (Phi) is 8.09. The van der Waals surface area contributed by atoms with Gasteiger partial charge in [0, 0.05) is 13.0 Å². The lowest BCUT2D eigenvalue weighted by Gasteiger charge is -2.30. The molecule has 1 fully saturated rings. The van der Waals surface area contributed by atoms with Gasteiger partial charge in [-0.15, -0.1) is 0 Å². The van der Waals surface area contributed by atoms with Crippen LogP contribution in [-0.4, -0.2) is 56.0 Å². The molecule has 0 spiro atoms. The number of nitrogens with zero attached hydrogens (tertiary/aromatic N) is 2. The van der Waals surface area contributed by atoms with Gasteiger partial charge in [0.15, 0.2) is 0 Å². The first-order valence-corrected chi connectivity index (χ1v) is 12.8. The Morgan fingerprint density at radius 3 is 2.45 bits per heavy atom. The number of rotatable bonds is 9. The summed E-state index contributed by atoms with van der Waals surface area (Å²) in [4.78, 5) is 69.7. The molecule has 0 radical (unpaired) electrons. The van der Waals surface area contributed by atoms with Crippen LogP contribution in [-0.2, 0) is 20.8 Å². The van der Waals surface area contributed by atoms with Crippen LogP contribution in [0.2, 0.25) is 0 Å². The van der Waals surface area contributed by atoms with Gasteiger partial charge in [-0.3, -0.25) is 14.4 Å². The molecule has 1 aliphatic rings. The number of carboxylic acids is 1. The van der Waals surface area contributed by atoms with Crippen LogP contribution in [0.25, 0.3) is 10.9 Å². The standard InChI is InChI=1S/C28H32N4O6/c1-3-17(2)23(27(36)37)30-24(33)21-14-9-15-31(21)26(35)22(16-18-10-5-4-6-11-18)32-25(34)19-12-7-8-13-20(19)29-28(32)38/h4-8,10-13,17,21-23H,3,9,14-16H2,1-2H3,(H,29,38)(H,30,33)(H,36,37)/t17-,21-,22-,23-/m0/s1. The molecule has 2 amide bonds. The average molecular weight is 521 g/mol. The van der Waals surface area contributed by atoms with E-state index < -0.39 is 47.2 Å². The van der Waals surface area contributed by atoms with Gasteiger partial charge in [0.25, 0.3) is 5.56 Å². The number of nitrogens with one attached hydrogen (secondary N) is 2.